The van der Waals surface area contributed by atoms with Gasteiger partial charge in [-0.05, 0) is 100 Å². The Morgan fingerprint density at radius 2 is 1.80 bits per heavy atom. The van der Waals surface area contributed by atoms with Crippen LogP contribution in [0.5, 0.6) is 5.75 Å². The molecule has 1 N–H and O–H groups in total. The molecule has 1 saturated heterocycles. The van der Waals surface area contributed by atoms with Gasteiger partial charge in [-0.3, -0.25) is 19.8 Å². The van der Waals surface area contributed by atoms with E-state index in [0.29, 0.717) is 22.9 Å². The van der Waals surface area contributed by atoms with Crippen molar-refractivity contribution in [3.05, 3.63) is 58.2 Å². The van der Waals surface area contributed by atoms with Crippen molar-refractivity contribution in [1.82, 2.24) is 5.32 Å². The largest absolute Gasteiger partial charge is 0.496 e. The minimum absolute atomic E-state index is 0.0205. The van der Waals surface area contributed by atoms with Gasteiger partial charge in [0, 0.05) is 29.4 Å². The average Bonchev–Trinajstić information content (AvgIpc) is 2.75. The summed E-state index contributed by atoms with van der Waals surface area (Å²) in [6.45, 7) is 13.7. The van der Waals surface area contributed by atoms with Gasteiger partial charge < -0.3 is 9.64 Å². The summed E-state index contributed by atoms with van der Waals surface area (Å²) < 4.78 is 5.73. The molecule has 2 aliphatic rings. The lowest BCUT2D eigenvalue weighted by Crippen LogP contribution is -2.54. The van der Waals surface area contributed by atoms with Gasteiger partial charge in [-0.25, -0.2) is 0 Å². The Hall–Kier alpha value is -3.19. The second-order valence-corrected chi connectivity index (χ2v) is 10.5. The van der Waals surface area contributed by atoms with Crippen LogP contribution < -0.4 is 19.9 Å². The Labute approximate surface area is 212 Å². The van der Waals surface area contributed by atoms with Crippen molar-refractivity contribution in [3.63, 3.8) is 0 Å². The van der Waals surface area contributed by atoms with E-state index in [1.165, 1.54) is 10.5 Å². The fraction of sp³-hybridized carbons (Fsp3) is 0.393. The van der Waals surface area contributed by atoms with Crippen molar-refractivity contribution in [2.45, 2.75) is 59.4 Å². The van der Waals surface area contributed by atoms with Crippen LogP contribution in [-0.2, 0) is 9.59 Å². The Morgan fingerprint density at radius 3 is 2.40 bits per heavy atom. The van der Waals surface area contributed by atoms with E-state index in [4.69, 9.17) is 17.0 Å². The highest BCUT2D eigenvalue weighted by Gasteiger charge is 2.37. The number of hydrogen-bond donors (Lipinski definition) is 1. The zero-order valence-electron chi connectivity index (χ0n) is 21.5. The number of nitrogens with one attached hydrogen (secondary N) is 1. The highest BCUT2D eigenvalue weighted by molar-refractivity contribution is 7.80. The number of rotatable bonds is 4. The van der Waals surface area contributed by atoms with Crippen LogP contribution in [-0.4, -0.2) is 36.1 Å². The molecule has 2 aromatic rings. The van der Waals surface area contributed by atoms with Gasteiger partial charge in [0.1, 0.15) is 11.3 Å². The molecular weight excluding hydrogens is 458 g/mol. The molecule has 184 valence electrons. The number of nitrogens with zero attached hydrogens (tertiary/aromatic N) is 2. The lowest BCUT2D eigenvalue weighted by Gasteiger charge is -2.47. The molecule has 0 bridgehead atoms. The van der Waals surface area contributed by atoms with Crippen LogP contribution in [0.1, 0.15) is 62.3 Å². The second kappa shape index (κ2) is 9.11. The Bertz CT molecular complexity index is 1240. The number of fused-ring (bicyclic) bond motifs is 1. The molecule has 1 unspecified atom stereocenters. The van der Waals surface area contributed by atoms with E-state index in [1.54, 1.807) is 13.2 Å². The lowest BCUT2D eigenvalue weighted by molar-refractivity contribution is -0.122. The maximum atomic E-state index is 13.6. The van der Waals surface area contributed by atoms with E-state index in [1.807, 2.05) is 38.1 Å². The quantitative estimate of drug-likeness (QED) is 0.359. The molecule has 7 heteroatoms. The normalized spacial score (nSPS) is 20.7. The van der Waals surface area contributed by atoms with Gasteiger partial charge in [-0.1, -0.05) is 13.0 Å². The summed E-state index contributed by atoms with van der Waals surface area (Å²) in [5.74, 6) is -0.0231. The van der Waals surface area contributed by atoms with Gasteiger partial charge >= 0.3 is 0 Å². The van der Waals surface area contributed by atoms with E-state index in [9.17, 15) is 9.59 Å². The molecule has 35 heavy (non-hydrogen) atoms. The van der Waals surface area contributed by atoms with E-state index >= 15 is 0 Å². The van der Waals surface area contributed by atoms with Crippen LogP contribution in [0.3, 0.4) is 0 Å². The number of carbonyl (C=O) groups excluding carboxylic acids is 2. The van der Waals surface area contributed by atoms with E-state index in [-0.39, 0.29) is 16.2 Å². The monoisotopic (exact) mass is 491 g/mol. The number of anilines is 2. The maximum absolute atomic E-state index is 13.6. The minimum Gasteiger partial charge on any atom is -0.496 e. The maximum Gasteiger partial charge on any atom is 0.270 e. The van der Waals surface area contributed by atoms with Gasteiger partial charge in [-0.15, -0.1) is 0 Å². The molecule has 2 aromatic carbocycles. The standard InChI is InChI=1S/C28H33N3O3S/c1-8-30-23-14-24(34-7)19(12-21(23)18(4)15-28(30,5)6)13-22-25(32)29-27(35)31(26(22)33)20-10-16(2)9-17(3)11-20/h9-14,18H,8,15H2,1-7H3,(H,29,32,35)/b22-13-. The number of thiocarbonyl (C=S) groups is 1. The topological polar surface area (TPSA) is 61.9 Å². The molecule has 2 amide bonds. The molecule has 1 atom stereocenters. The van der Waals surface area contributed by atoms with Crippen LogP contribution in [0.4, 0.5) is 11.4 Å². The Balaban J connectivity index is 1.82. The molecule has 0 saturated carbocycles. The van der Waals surface area contributed by atoms with Crippen molar-refractivity contribution < 1.29 is 14.3 Å². The lowest BCUT2D eigenvalue weighted by atomic mass is 9.79. The third-order valence-electron chi connectivity index (χ3n) is 6.92. The zero-order valence-corrected chi connectivity index (χ0v) is 22.3. The number of benzene rings is 2. The van der Waals surface area contributed by atoms with E-state index in [2.05, 4.69) is 44.0 Å². The molecule has 0 spiro atoms. The summed E-state index contributed by atoms with van der Waals surface area (Å²) in [5.41, 5.74) is 5.70. The molecular formula is C28H33N3O3S. The van der Waals surface area contributed by atoms with E-state index < -0.39 is 11.8 Å². The number of aryl methyl sites for hydroxylation is 2. The summed E-state index contributed by atoms with van der Waals surface area (Å²) in [6, 6.07) is 9.87. The third kappa shape index (κ3) is 4.45. The van der Waals surface area contributed by atoms with Crippen molar-refractivity contribution in [3.8, 4) is 5.75 Å². The molecule has 0 aromatic heterocycles. The summed E-state index contributed by atoms with van der Waals surface area (Å²) in [4.78, 5) is 30.2. The first-order valence-electron chi connectivity index (χ1n) is 12.0. The van der Waals surface area contributed by atoms with E-state index in [0.717, 1.165) is 29.8 Å². The molecule has 0 radical (unpaired) electrons. The smallest absolute Gasteiger partial charge is 0.270 e. The minimum atomic E-state index is -0.509. The van der Waals surface area contributed by atoms with Gasteiger partial charge in [0.25, 0.3) is 11.8 Å². The number of ether oxygens (including phenoxy) is 1. The van der Waals surface area contributed by atoms with Crippen LogP contribution in [0.25, 0.3) is 6.08 Å². The van der Waals surface area contributed by atoms with Gasteiger partial charge in [-0.2, -0.15) is 0 Å². The number of amides is 2. The summed E-state index contributed by atoms with van der Waals surface area (Å²) in [6.07, 6.45) is 2.63. The first-order valence-corrected chi connectivity index (χ1v) is 12.4. The molecule has 2 heterocycles. The SMILES string of the molecule is CCN1c2cc(OC)c(/C=C3/C(=O)NC(=S)N(c4cc(C)cc(C)c4)C3=O)cc2C(C)CC1(C)C. The highest BCUT2D eigenvalue weighted by atomic mass is 32.1. The molecule has 1 fully saturated rings. The zero-order chi connectivity index (χ0) is 25.7. The van der Waals surface area contributed by atoms with Gasteiger partial charge in [0.15, 0.2) is 5.11 Å². The predicted molar refractivity (Wildman–Crippen MR) is 145 cm³/mol. The summed E-state index contributed by atoms with van der Waals surface area (Å²) in [5, 5.41) is 2.76. The van der Waals surface area contributed by atoms with Crippen LogP contribution in [0.2, 0.25) is 0 Å². The molecule has 0 aliphatic carbocycles. The fourth-order valence-corrected chi connectivity index (χ4v) is 5.82. The Kier molecular flexibility index (Phi) is 6.49. The van der Waals surface area contributed by atoms with Crippen LogP contribution >= 0.6 is 12.2 Å². The van der Waals surface area contributed by atoms with Crippen LogP contribution in [0, 0.1) is 13.8 Å². The molecule has 6 nitrogen and oxygen atoms in total. The van der Waals surface area contributed by atoms with Gasteiger partial charge in [0.2, 0.25) is 0 Å². The molecule has 2 aliphatic heterocycles. The highest BCUT2D eigenvalue weighted by Crippen LogP contribution is 2.46. The summed E-state index contributed by atoms with van der Waals surface area (Å²) >= 11 is 5.37. The fourth-order valence-electron chi connectivity index (χ4n) is 5.54. The number of methoxy groups -OCH3 is 1. The molecule has 4 rings (SSSR count). The van der Waals surface area contributed by atoms with Gasteiger partial charge in [0.05, 0.1) is 12.8 Å². The second-order valence-electron chi connectivity index (χ2n) is 10.1. The first-order chi connectivity index (χ1) is 16.5. The van der Waals surface area contributed by atoms with Crippen molar-refractivity contribution >= 4 is 46.6 Å². The average molecular weight is 492 g/mol. The third-order valence-corrected chi connectivity index (χ3v) is 7.20. The number of carbonyl (C=O) groups is 2. The summed E-state index contributed by atoms with van der Waals surface area (Å²) in [7, 11) is 1.61. The van der Waals surface area contributed by atoms with Crippen molar-refractivity contribution in [2.75, 3.05) is 23.5 Å². The number of hydrogen-bond acceptors (Lipinski definition) is 5. The van der Waals surface area contributed by atoms with Crippen molar-refractivity contribution in [1.29, 1.82) is 0 Å². The predicted octanol–water partition coefficient (Wildman–Crippen LogP) is 5.26. The van der Waals surface area contributed by atoms with Crippen LogP contribution in [0.15, 0.2) is 35.9 Å². The first kappa shape index (κ1) is 24.9. The Morgan fingerprint density at radius 1 is 1.14 bits per heavy atom. The van der Waals surface area contributed by atoms with Crippen molar-refractivity contribution in [2.24, 2.45) is 0 Å².